The third-order valence-corrected chi connectivity index (χ3v) is 3.93. The lowest BCUT2D eigenvalue weighted by Crippen LogP contribution is -2.35. The van der Waals surface area contributed by atoms with Gasteiger partial charge in [-0.2, -0.15) is 0 Å². The van der Waals surface area contributed by atoms with Crippen LogP contribution >= 0.6 is 0 Å². The molecule has 9 nitrogen and oxygen atoms in total. The molecule has 1 aromatic carbocycles. The maximum absolute atomic E-state index is 14.4. The van der Waals surface area contributed by atoms with Gasteiger partial charge in [-0.25, -0.2) is 18.8 Å². The summed E-state index contributed by atoms with van der Waals surface area (Å²) in [6, 6.07) is 2.73. The number of alkyl carbamates (subject to hydrolysis) is 1. The van der Waals surface area contributed by atoms with Gasteiger partial charge < -0.3 is 19.5 Å². The van der Waals surface area contributed by atoms with Crippen LogP contribution in [0.1, 0.15) is 5.56 Å². The minimum absolute atomic E-state index is 0.0721. The van der Waals surface area contributed by atoms with Gasteiger partial charge in [-0.15, -0.1) is 0 Å². The topological polar surface area (TPSA) is 97.4 Å². The van der Waals surface area contributed by atoms with Gasteiger partial charge in [0.15, 0.2) is 0 Å². The monoisotopic (exact) mass is 353 g/mol. The van der Waals surface area contributed by atoms with Crippen molar-refractivity contribution in [2.75, 3.05) is 37.0 Å². The van der Waals surface area contributed by atoms with Crippen molar-refractivity contribution in [1.29, 1.82) is 0 Å². The number of nitrogens with one attached hydrogen (secondary N) is 1. The molecule has 0 bridgehead atoms. The summed E-state index contributed by atoms with van der Waals surface area (Å²) in [6.07, 6.45) is -2.53. The van der Waals surface area contributed by atoms with E-state index in [9.17, 15) is 18.8 Å². The minimum atomic E-state index is -0.655. The molecule has 1 N–H and O–H groups in total. The molecule has 1 saturated heterocycles. The number of nitrogens with zero attached hydrogens (tertiary/aromatic N) is 2. The van der Waals surface area contributed by atoms with Crippen LogP contribution in [0.5, 0.6) is 0 Å². The highest BCUT2D eigenvalue weighted by molar-refractivity contribution is 5.93. The second kappa shape index (κ2) is 6.46. The Hall–Kier alpha value is -3.04. The zero-order chi connectivity index (χ0) is 18.1. The molecule has 0 aliphatic carbocycles. The van der Waals surface area contributed by atoms with Crippen molar-refractivity contribution < 1.29 is 33.0 Å². The van der Waals surface area contributed by atoms with Crippen molar-refractivity contribution in [3.63, 3.8) is 0 Å². The molecule has 1 aromatic rings. The predicted molar refractivity (Wildman–Crippen MR) is 83.0 cm³/mol. The molecule has 1 fully saturated rings. The number of anilines is 2. The van der Waals surface area contributed by atoms with Gasteiger partial charge in [-0.3, -0.25) is 9.80 Å². The Morgan fingerprint density at radius 1 is 1.40 bits per heavy atom. The lowest BCUT2D eigenvalue weighted by atomic mass is 10.1. The van der Waals surface area contributed by atoms with Gasteiger partial charge in [0.1, 0.15) is 18.5 Å². The molecule has 2 aliphatic rings. The van der Waals surface area contributed by atoms with Crippen molar-refractivity contribution in [3.05, 3.63) is 23.5 Å². The van der Waals surface area contributed by atoms with Crippen LogP contribution < -0.4 is 15.1 Å². The summed E-state index contributed by atoms with van der Waals surface area (Å²) in [6.45, 7) is 0.124. The van der Waals surface area contributed by atoms with E-state index >= 15 is 0 Å². The highest BCUT2D eigenvalue weighted by Crippen LogP contribution is 2.34. The van der Waals surface area contributed by atoms with E-state index in [-0.39, 0.29) is 31.1 Å². The summed E-state index contributed by atoms with van der Waals surface area (Å²) in [5, 5.41) is 2.44. The Balaban J connectivity index is 1.78. The Kier molecular flexibility index (Phi) is 4.34. The Morgan fingerprint density at radius 2 is 2.16 bits per heavy atom. The van der Waals surface area contributed by atoms with Crippen molar-refractivity contribution >= 4 is 29.7 Å². The van der Waals surface area contributed by atoms with Crippen LogP contribution in [0, 0.1) is 5.82 Å². The molecule has 25 heavy (non-hydrogen) atoms. The van der Waals surface area contributed by atoms with Crippen LogP contribution in [-0.2, 0) is 20.8 Å². The van der Waals surface area contributed by atoms with E-state index in [2.05, 4.69) is 10.1 Å². The summed E-state index contributed by atoms with van der Waals surface area (Å²) in [7, 11) is 2.63. The Labute approximate surface area is 142 Å². The smallest absolute Gasteiger partial charge is 0.414 e. The van der Waals surface area contributed by atoms with E-state index in [1.165, 1.54) is 19.1 Å². The van der Waals surface area contributed by atoms with E-state index in [1.54, 1.807) is 6.07 Å². The average Bonchev–Trinajstić information content (AvgIpc) is 2.96. The average molecular weight is 353 g/mol. The van der Waals surface area contributed by atoms with Crippen molar-refractivity contribution in [3.8, 4) is 0 Å². The van der Waals surface area contributed by atoms with E-state index in [0.717, 1.165) is 11.0 Å². The first-order chi connectivity index (χ1) is 11.9. The number of rotatable bonds is 3. The molecule has 1 atom stereocenters. The molecule has 2 heterocycles. The summed E-state index contributed by atoms with van der Waals surface area (Å²) in [5.74, 6) is -0.643. The number of fused-ring (bicyclic) bond motifs is 1. The van der Waals surface area contributed by atoms with Crippen LogP contribution in [0.2, 0.25) is 0 Å². The van der Waals surface area contributed by atoms with E-state index < -0.39 is 30.2 Å². The number of cyclic esters (lactones) is 2. The molecular weight excluding hydrogens is 337 g/mol. The fourth-order valence-electron chi connectivity index (χ4n) is 2.72. The van der Waals surface area contributed by atoms with Crippen LogP contribution in [0.4, 0.5) is 30.1 Å². The molecule has 3 amide bonds. The highest BCUT2D eigenvalue weighted by Gasteiger charge is 2.34. The van der Waals surface area contributed by atoms with Gasteiger partial charge >= 0.3 is 18.3 Å². The summed E-state index contributed by atoms with van der Waals surface area (Å²) < 4.78 is 29.0. The second-order valence-electron chi connectivity index (χ2n) is 5.54. The highest BCUT2D eigenvalue weighted by atomic mass is 19.1. The van der Waals surface area contributed by atoms with Crippen LogP contribution in [-0.4, -0.2) is 51.6 Å². The number of hydrogen-bond acceptors (Lipinski definition) is 6. The molecule has 0 spiro atoms. The third kappa shape index (κ3) is 3.14. The van der Waals surface area contributed by atoms with E-state index in [4.69, 9.17) is 9.47 Å². The quantitative estimate of drug-likeness (QED) is 0.829. The number of carbonyl (C=O) groups is 3. The SMILES string of the molecule is COC(=O)NC[C@H]1CN(c2cc(F)c3c(c2)COC(=O)N3C)C(=O)O1. The maximum atomic E-state index is 14.4. The van der Waals surface area contributed by atoms with Crippen LogP contribution in [0.25, 0.3) is 0 Å². The lowest BCUT2D eigenvalue weighted by Gasteiger charge is -2.27. The van der Waals surface area contributed by atoms with Crippen LogP contribution in [0.3, 0.4) is 0 Å². The van der Waals surface area contributed by atoms with Gasteiger partial charge in [0.05, 0.1) is 31.6 Å². The standard InChI is InChI=1S/C15H16FN3O6/c1-18-12-8(7-24-14(18)21)3-9(4-11(12)16)19-6-10(25-15(19)22)5-17-13(20)23-2/h3-4,10H,5-7H2,1-2H3,(H,17,20)/t10-/m0/s1. The lowest BCUT2D eigenvalue weighted by molar-refractivity contribution is 0.132. The normalized spacial score (nSPS) is 19.2. The Bertz CT molecular complexity index is 740. The van der Waals surface area contributed by atoms with E-state index in [1.807, 2.05) is 0 Å². The van der Waals surface area contributed by atoms with Crippen molar-refractivity contribution in [2.24, 2.45) is 0 Å². The first-order valence-electron chi connectivity index (χ1n) is 7.43. The summed E-state index contributed by atoms with van der Waals surface area (Å²) >= 11 is 0. The number of halogens is 1. The number of benzene rings is 1. The zero-order valence-corrected chi connectivity index (χ0v) is 13.6. The van der Waals surface area contributed by atoms with Crippen LogP contribution in [0.15, 0.2) is 12.1 Å². The minimum Gasteiger partial charge on any atom is -0.453 e. The first-order valence-corrected chi connectivity index (χ1v) is 7.43. The third-order valence-electron chi connectivity index (χ3n) is 3.93. The molecule has 0 aromatic heterocycles. The molecule has 0 unspecified atom stereocenters. The molecule has 10 heteroatoms. The van der Waals surface area contributed by atoms with Crippen molar-refractivity contribution in [1.82, 2.24) is 5.32 Å². The Morgan fingerprint density at radius 3 is 2.88 bits per heavy atom. The molecule has 3 rings (SSSR count). The largest absolute Gasteiger partial charge is 0.453 e. The molecule has 0 saturated carbocycles. The molecule has 134 valence electrons. The maximum Gasteiger partial charge on any atom is 0.414 e. The van der Waals surface area contributed by atoms with Gasteiger partial charge in [0.25, 0.3) is 0 Å². The van der Waals surface area contributed by atoms with Gasteiger partial charge in [-0.1, -0.05) is 0 Å². The van der Waals surface area contributed by atoms with Gasteiger partial charge in [-0.05, 0) is 12.1 Å². The van der Waals surface area contributed by atoms with E-state index in [0.29, 0.717) is 5.56 Å². The fraction of sp³-hybridized carbons (Fsp3) is 0.400. The van der Waals surface area contributed by atoms with Crippen molar-refractivity contribution in [2.45, 2.75) is 12.7 Å². The summed E-state index contributed by atoms with van der Waals surface area (Å²) in [5.41, 5.74) is 0.852. The number of carbonyl (C=O) groups excluding carboxylic acids is 3. The fourth-order valence-corrected chi connectivity index (χ4v) is 2.72. The van der Waals surface area contributed by atoms with Gasteiger partial charge in [0.2, 0.25) is 0 Å². The number of ether oxygens (including phenoxy) is 3. The summed E-state index contributed by atoms with van der Waals surface area (Å²) in [4.78, 5) is 36.9. The predicted octanol–water partition coefficient (Wildman–Crippen LogP) is 1.59. The number of methoxy groups -OCH3 is 1. The molecule has 0 radical (unpaired) electrons. The zero-order valence-electron chi connectivity index (χ0n) is 13.6. The number of hydrogen-bond donors (Lipinski definition) is 1. The number of amides is 3. The molecular formula is C15H16FN3O6. The second-order valence-corrected chi connectivity index (χ2v) is 5.54. The first kappa shape index (κ1) is 16.8. The molecule has 2 aliphatic heterocycles. The van der Waals surface area contributed by atoms with Gasteiger partial charge in [0, 0.05) is 12.6 Å².